The molecule has 0 radical (unpaired) electrons. The number of ether oxygens (including phenoxy) is 4. The molecule has 0 saturated carbocycles. The SMILES string of the molecule is COc1ccc(-c2c(-c3ccc(OC)cc3)c3cc4c(-c5ccc(OC)cc5)c(-c5ccc(OC)cc5)c5ccc6ccccc6c5c4c4ccc5cccc2c5c34)cc1. The van der Waals surface area contributed by atoms with Gasteiger partial charge in [0.15, 0.2) is 0 Å². The standard InChI is InChI=1S/C56H40O4/c1-57-39-22-12-35(13-23-39)49-44-11-7-9-34-21-31-46-55(51(34)44)47(52(49)37-16-26-41(59-3)27-17-37)32-48-53(38-18-28-42(60-4)29-19-38)50(36-14-24-40(58-2)25-15-36)45-30-20-33-8-5-6-10-43(33)54(45)56(46)48/h5-32H,1-4H3. The molecule has 11 aromatic rings. The van der Waals surface area contributed by atoms with Gasteiger partial charge >= 0.3 is 0 Å². The molecular weight excluding hydrogens is 737 g/mol. The molecule has 0 aliphatic rings. The van der Waals surface area contributed by atoms with Crippen LogP contribution in [0.25, 0.3) is 109 Å². The van der Waals surface area contributed by atoms with Crippen molar-refractivity contribution in [2.24, 2.45) is 0 Å². The molecule has 0 bridgehead atoms. The lowest BCUT2D eigenvalue weighted by Gasteiger charge is -2.25. The van der Waals surface area contributed by atoms with E-state index in [2.05, 4.69) is 170 Å². The van der Waals surface area contributed by atoms with E-state index in [1.165, 1.54) is 81.3 Å². The second-order valence-corrected chi connectivity index (χ2v) is 15.4. The zero-order valence-electron chi connectivity index (χ0n) is 33.8. The Morgan fingerprint density at radius 1 is 0.250 bits per heavy atom. The summed E-state index contributed by atoms with van der Waals surface area (Å²) < 4.78 is 22.7. The molecule has 288 valence electrons. The van der Waals surface area contributed by atoms with Crippen molar-refractivity contribution in [3.63, 3.8) is 0 Å². The lowest BCUT2D eigenvalue weighted by atomic mass is 9.78. The van der Waals surface area contributed by atoms with Gasteiger partial charge in [0.2, 0.25) is 0 Å². The maximum absolute atomic E-state index is 5.70. The second kappa shape index (κ2) is 14.1. The molecule has 60 heavy (non-hydrogen) atoms. The maximum Gasteiger partial charge on any atom is 0.118 e. The molecule has 0 spiro atoms. The highest BCUT2D eigenvalue weighted by Gasteiger charge is 2.26. The summed E-state index contributed by atoms with van der Waals surface area (Å²) >= 11 is 0. The summed E-state index contributed by atoms with van der Waals surface area (Å²) in [4.78, 5) is 0. The Balaban J connectivity index is 1.43. The summed E-state index contributed by atoms with van der Waals surface area (Å²) in [5.41, 5.74) is 9.14. The Labute approximate surface area is 348 Å². The zero-order valence-corrected chi connectivity index (χ0v) is 33.8. The Kier molecular flexibility index (Phi) is 8.35. The van der Waals surface area contributed by atoms with Gasteiger partial charge in [-0.3, -0.25) is 0 Å². The molecule has 0 aromatic heterocycles. The Bertz CT molecular complexity index is 3420. The van der Waals surface area contributed by atoms with Gasteiger partial charge in [0.25, 0.3) is 0 Å². The fourth-order valence-electron chi connectivity index (χ4n) is 9.69. The first-order valence-corrected chi connectivity index (χ1v) is 20.2. The van der Waals surface area contributed by atoms with Crippen LogP contribution in [-0.4, -0.2) is 28.4 Å². The van der Waals surface area contributed by atoms with E-state index in [0.717, 1.165) is 50.8 Å². The number of fused-ring (bicyclic) bond motifs is 6. The Morgan fingerprint density at radius 3 is 1.08 bits per heavy atom. The molecule has 0 saturated heterocycles. The molecule has 0 unspecified atom stereocenters. The molecule has 0 atom stereocenters. The summed E-state index contributed by atoms with van der Waals surface area (Å²) in [6.07, 6.45) is 0. The fraction of sp³-hybridized carbons (Fsp3) is 0.0714. The summed E-state index contributed by atoms with van der Waals surface area (Å²) in [6, 6.07) is 61.4. The molecule has 4 nitrogen and oxygen atoms in total. The summed E-state index contributed by atoms with van der Waals surface area (Å²) in [7, 11) is 6.87. The topological polar surface area (TPSA) is 36.9 Å². The van der Waals surface area contributed by atoms with E-state index < -0.39 is 0 Å². The van der Waals surface area contributed by atoms with Crippen molar-refractivity contribution >= 4 is 64.6 Å². The predicted molar refractivity (Wildman–Crippen MR) is 251 cm³/mol. The molecule has 11 aromatic carbocycles. The van der Waals surface area contributed by atoms with Crippen LogP contribution >= 0.6 is 0 Å². The molecule has 0 aliphatic carbocycles. The molecule has 0 N–H and O–H groups in total. The Morgan fingerprint density at radius 2 is 0.600 bits per heavy atom. The molecule has 0 amide bonds. The van der Waals surface area contributed by atoms with Crippen molar-refractivity contribution in [2.75, 3.05) is 28.4 Å². The Hall–Kier alpha value is -7.56. The monoisotopic (exact) mass is 776 g/mol. The van der Waals surface area contributed by atoms with Gasteiger partial charge in [-0.1, -0.05) is 115 Å². The lowest BCUT2D eigenvalue weighted by molar-refractivity contribution is 0.414. The largest absolute Gasteiger partial charge is 0.497 e. The van der Waals surface area contributed by atoms with E-state index in [4.69, 9.17) is 18.9 Å². The average molecular weight is 777 g/mol. The number of hydrogen-bond donors (Lipinski definition) is 0. The highest BCUT2D eigenvalue weighted by molar-refractivity contribution is 6.41. The number of methoxy groups -OCH3 is 4. The highest BCUT2D eigenvalue weighted by Crippen LogP contribution is 2.54. The minimum Gasteiger partial charge on any atom is -0.497 e. The van der Waals surface area contributed by atoms with Crippen LogP contribution in [-0.2, 0) is 0 Å². The van der Waals surface area contributed by atoms with Crippen LogP contribution < -0.4 is 18.9 Å². The number of rotatable bonds is 8. The molecular formula is C56H40O4. The lowest BCUT2D eigenvalue weighted by Crippen LogP contribution is -1.98. The van der Waals surface area contributed by atoms with Crippen LogP contribution in [0.1, 0.15) is 0 Å². The van der Waals surface area contributed by atoms with E-state index in [1.807, 2.05) is 0 Å². The van der Waals surface area contributed by atoms with E-state index in [-0.39, 0.29) is 0 Å². The molecule has 4 heteroatoms. The number of benzene rings is 11. The molecule has 0 fully saturated rings. The van der Waals surface area contributed by atoms with Crippen molar-refractivity contribution in [1.29, 1.82) is 0 Å². The van der Waals surface area contributed by atoms with Gasteiger partial charge in [0, 0.05) is 0 Å². The van der Waals surface area contributed by atoms with E-state index >= 15 is 0 Å². The van der Waals surface area contributed by atoms with Crippen LogP contribution in [0.15, 0.2) is 170 Å². The number of hydrogen-bond acceptors (Lipinski definition) is 4. The van der Waals surface area contributed by atoms with Gasteiger partial charge in [-0.2, -0.15) is 0 Å². The normalized spacial score (nSPS) is 11.7. The van der Waals surface area contributed by atoms with Crippen molar-refractivity contribution in [3.8, 4) is 67.5 Å². The third kappa shape index (κ3) is 5.38. The van der Waals surface area contributed by atoms with Crippen molar-refractivity contribution in [1.82, 2.24) is 0 Å². The van der Waals surface area contributed by atoms with Crippen molar-refractivity contribution in [3.05, 3.63) is 170 Å². The third-order valence-corrected chi connectivity index (χ3v) is 12.4. The maximum atomic E-state index is 5.70. The van der Waals surface area contributed by atoms with Gasteiger partial charge in [-0.05, 0) is 164 Å². The van der Waals surface area contributed by atoms with Crippen LogP contribution in [0, 0.1) is 0 Å². The van der Waals surface area contributed by atoms with E-state index in [0.29, 0.717) is 0 Å². The van der Waals surface area contributed by atoms with E-state index in [9.17, 15) is 0 Å². The molecule has 11 rings (SSSR count). The van der Waals surface area contributed by atoms with E-state index in [1.54, 1.807) is 28.4 Å². The van der Waals surface area contributed by atoms with Gasteiger partial charge in [0.05, 0.1) is 28.4 Å². The van der Waals surface area contributed by atoms with Gasteiger partial charge in [-0.15, -0.1) is 0 Å². The summed E-state index contributed by atoms with van der Waals surface area (Å²) in [5.74, 6) is 3.27. The van der Waals surface area contributed by atoms with Crippen LogP contribution in [0.5, 0.6) is 23.0 Å². The summed E-state index contributed by atoms with van der Waals surface area (Å²) in [5, 5.41) is 14.6. The van der Waals surface area contributed by atoms with Gasteiger partial charge in [-0.25, -0.2) is 0 Å². The molecule has 0 aliphatic heterocycles. The van der Waals surface area contributed by atoms with Crippen LogP contribution in [0.3, 0.4) is 0 Å². The van der Waals surface area contributed by atoms with Gasteiger partial charge < -0.3 is 18.9 Å². The van der Waals surface area contributed by atoms with Crippen LogP contribution in [0.4, 0.5) is 0 Å². The van der Waals surface area contributed by atoms with Crippen molar-refractivity contribution < 1.29 is 18.9 Å². The summed E-state index contributed by atoms with van der Waals surface area (Å²) in [6.45, 7) is 0. The first-order valence-electron chi connectivity index (χ1n) is 20.2. The smallest absolute Gasteiger partial charge is 0.118 e. The third-order valence-electron chi connectivity index (χ3n) is 12.4. The minimum atomic E-state index is 0.814. The average Bonchev–Trinajstić information content (AvgIpc) is 3.32. The fourth-order valence-corrected chi connectivity index (χ4v) is 9.69. The minimum absolute atomic E-state index is 0.814. The van der Waals surface area contributed by atoms with Gasteiger partial charge in [0.1, 0.15) is 23.0 Å². The molecule has 0 heterocycles. The predicted octanol–water partition coefficient (Wildman–Crippen LogP) is 14.7. The second-order valence-electron chi connectivity index (χ2n) is 15.4. The first kappa shape index (κ1) is 35.6. The quantitative estimate of drug-likeness (QED) is 0.114. The van der Waals surface area contributed by atoms with Crippen molar-refractivity contribution in [2.45, 2.75) is 0 Å². The van der Waals surface area contributed by atoms with Crippen LogP contribution in [0.2, 0.25) is 0 Å². The zero-order chi connectivity index (χ0) is 40.5. The highest BCUT2D eigenvalue weighted by atomic mass is 16.5. The first-order chi connectivity index (χ1) is 29.6.